The van der Waals surface area contributed by atoms with Crippen LogP contribution in [0.2, 0.25) is 0 Å². The molecule has 1 spiro atoms. The molecule has 35 heavy (non-hydrogen) atoms. The number of hydrogen-bond acceptors (Lipinski definition) is 5. The van der Waals surface area contributed by atoms with E-state index < -0.39 is 12.1 Å². The number of aliphatic carboxylic acids is 1. The smallest absolute Gasteiger partial charge is 0.490 e. The molecular weight excluding hydrogens is 465 g/mol. The molecule has 0 bridgehead atoms. The molecule has 0 aromatic heterocycles. The van der Waals surface area contributed by atoms with Crippen LogP contribution >= 0.6 is 0 Å². The van der Waals surface area contributed by atoms with Crippen molar-refractivity contribution in [3.8, 4) is 5.75 Å². The molecule has 1 aliphatic carbocycles. The second kappa shape index (κ2) is 11.6. The van der Waals surface area contributed by atoms with Gasteiger partial charge in [-0.3, -0.25) is 9.69 Å². The number of amides is 1. The van der Waals surface area contributed by atoms with Crippen molar-refractivity contribution in [1.82, 2.24) is 10.2 Å². The van der Waals surface area contributed by atoms with Gasteiger partial charge in [0, 0.05) is 25.2 Å². The van der Waals surface area contributed by atoms with Crippen LogP contribution in [0.3, 0.4) is 0 Å². The minimum absolute atomic E-state index is 0.0178. The van der Waals surface area contributed by atoms with Crippen LogP contribution in [0.15, 0.2) is 18.2 Å². The lowest BCUT2D eigenvalue weighted by molar-refractivity contribution is -0.192. The van der Waals surface area contributed by atoms with E-state index in [0.29, 0.717) is 5.92 Å². The number of aryl methyl sites for hydroxylation is 1. The predicted molar refractivity (Wildman–Crippen MR) is 124 cm³/mol. The molecule has 0 radical (unpaired) electrons. The highest BCUT2D eigenvalue weighted by Gasteiger charge is 2.46. The Morgan fingerprint density at radius 3 is 2.66 bits per heavy atom. The Hall–Kier alpha value is -2.33. The molecule has 7 nitrogen and oxygen atoms in total. The largest absolute Gasteiger partial charge is 0.493 e. The number of rotatable bonds is 4. The lowest BCUT2D eigenvalue weighted by atomic mass is 9.78. The van der Waals surface area contributed by atoms with Crippen LogP contribution in [0.5, 0.6) is 5.75 Å². The Balaban J connectivity index is 0.000000429. The second-order valence-corrected chi connectivity index (χ2v) is 9.89. The highest BCUT2D eigenvalue weighted by molar-refractivity contribution is 5.95. The maximum Gasteiger partial charge on any atom is 0.490 e. The van der Waals surface area contributed by atoms with Crippen LogP contribution in [0.4, 0.5) is 13.2 Å². The van der Waals surface area contributed by atoms with Crippen LogP contribution in [-0.2, 0) is 16.0 Å². The molecule has 2 N–H and O–H groups in total. The summed E-state index contributed by atoms with van der Waals surface area (Å²) in [5.41, 5.74) is 1.65. The second-order valence-electron chi connectivity index (χ2n) is 9.89. The normalized spacial score (nSPS) is 24.7. The van der Waals surface area contributed by atoms with E-state index in [-0.39, 0.29) is 17.6 Å². The van der Waals surface area contributed by atoms with Gasteiger partial charge >= 0.3 is 12.1 Å². The number of nitrogens with one attached hydrogen (secondary N) is 1. The first kappa shape index (κ1) is 27.3. The maximum atomic E-state index is 13.1. The van der Waals surface area contributed by atoms with Gasteiger partial charge in [0.2, 0.25) is 0 Å². The Bertz CT molecular complexity index is 888. The quantitative estimate of drug-likeness (QED) is 0.649. The van der Waals surface area contributed by atoms with Gasteiger partial charge in [0.1, 0.15) is 11.4 Å². The maximum absolute atomic E-state index is 13.1. The first-order valence-corrected chi connectivity index (χ1v) is 12.2. The van der Waals surface area contributed by atoms with Crippen LogP contribution < -0.4 is 10.1 Å². The zero-order chi connectivity index (χ0) is 25.6. The highest BCUT2D eigenvalue weighted by Crippen LogP contribution is 2.35. The number of carbonyl (C=O) groups excluding carboxylic acids is 1. The number of morpholine rings is 1. The summed E-state index contributed by atoms with van der Waals surface area (Å²) in [5, 5.41) is 10.5. The molecule has 10 heteroatoms. The summed E-state index contributed by atoms with van der Waals surface area (Å²) in [6.45, 7) is 9.07. The van der Waals surface area contributed by atoms with E-state index in [1.165, 1.54) is 6.42 Å². The standard InChI is InChI=1S/C23H34N2O3.C2HF3O2/c1-17(2)15-25-11-13-28-23(16-25)10-4-3-7-21(23)24-22(26)19-8-9-20-18(14-19)6-5-12-27-20;3-2(4,5)1(6)7/h8-9,14,17,21H,3-7,10-13,15-16H2,1-2H3,(H,24,26);(H,6,7). The van der Waals surface area contributed by atoms with Crippen molar-refractivity contribution in [1.29, 1.82) is 0 Å². The number of ether oxygens (including phenoxy) is 2. The molecule has 4 rings (SSSR count). The van der Waals surface area contributed by atoms with E-state index in [1.54, 1.807) is 0 Å². The third-order valence-electron chi connectivity index (χ3n) is 6.61. The number of fused-ring (bicyclic) bond motifs is 1. The number of alkyl halides is 3. The fourth-order valence-electron chi connectivity index (χ4n) is 5.07. The lowest BCUT2D eigenvalue weighted by Gasteiger charge is -2.50. The van der Waals surface area contributed by atoms with Crippen LogP contribution in [0.1, 0.15) is 61.9 Å². The van der Waals surface area contributed by atoms with Gasteiger partial charge in [-0.2, -0.15) is 13.2 Å². The van der Waals surface area contributed by atoms with E-state index in [4.69, 9.17) is 19.4 Å². The average Bonchev–Trinajstić information content (AvgIpc) is 2.80. The Kier molecular flexibility index (Phi) is 9.04. The SMILES string of the molecule is CC(C)CN1CCOC2(CCCCC2NC(=O)c2ccc3c(c2)CCCO3)C1.O=C(O)C(F)(F)F. The number of halogens is 3. The average molecular weight is 501 g/mol. The molecular formula is C25H35F3N2O5. The molecule has 2 fully saturated rings. The molecule has 1 saturated carbocycles. The number of benzene rings is 1. The van der Waals surface area contributed by atoms with Crippen LogP contribution in [0.25, 0.3) is 0 Å². The summed E-state index contributed by atoms with van der Waals surface area (Å²) >= 11 is 0. The van der Waals surface area contributed by atoms with Crippen molar-refractivity contribution >= 4 is 11.9 Å². The van der Waals surface area contributed by atoms with Crippen molar-refractivity contribution in [2.45, 2.75) is 70.2 Å². The van der Waals surface area contributed by atoms with Gasteiger partial charge in [-0.25, -0.2) is 4.79 Å². The van der Waals surface area contributed by atoms with Gasteiger partial charge < -0.3 is 19.9 Å². The zero-order valence-corrected chi connectivity index (χ0v) is 20.3. The third-order valence-corrected chi connectivity index (χ3v) is 6.61. The van der Waals surface area contributed by atoms with E-state index >= 15 is 0 Å². The number of carbonyl (C=O) groups is 2. The molecule has 1 saturated heterocycles. The first-order chi connectivity index (χ1) is 16.5. The van der Waals surface area contributed by atoms with Gasteiger partial charge in [0.05, 0.1) is 19.3 Å². The molecule has 196 valence electrons. The summed E-state index contributed by atoms with van der Waals surface area (Å²) in [7, 11) is 0. The van der Waals surface area contributed by atoms with Crippen molar-refractivity contribution in [2.24, 2.45) is 5.92 Å². The summed E-state index contributed by atoms with van der Waals surface area (Å²) < 4.78 is 43.8. The zero-order valence-electron chi connectivity index (χ0n) is 20.3. The molecule has 2 heterocycles. The Morgan fingerprint density at radius 1 is 1.23 bits per heavy atom. The minimum Gasteiger partial charge on any atom is -0.493 e. The van der Waals surface area contributed by atoms with E-state index in [0.717, 1.165) is 81.8 Å². The fourth-order valence-corrected chi connectivity index (χ4v) is 5.07. The summed E-state index contributed by atoms with van der Waals surface area (Å²) in [4.78, 5) is 24.5. The van der Waals surface area contributed by atoms with Crippen LogP contribution in [-0.4, -0.2) is 72.6 Å². The fraction of sp³-hybridized carbons (Fsp3) is 0.680. The van der Waals surface area contributed by atoms with Gasteiger partial charge in [-0.05, 0) is 55.4 Å². The van der Waals surface area contributed by atoms with E-state index in [2.05, 4.69) is 24.1 Å². The Labute approximate surface area is 204 Å². The lowest BCUT2D eigenvalue weighted by Crippen LogP contribution is -2.64. The molecule has 2 unspecified atom stereocenters. The van der Waals surface area contributed by atoms with Gasteiger partial charge in [-0.15, -0.1) is 0 Å². The first-order valence-electron chi connectivity index (χ1n) is 12.2. The van der Waals surface area contributed by atoms with Crippen molar-refractivity contribution in [2.75, 3.05) is 32.8 Å². The van der Waals surface area contributed by atoms with Crippen LogP contribution in [0, 0.1) is 5.92 Å². The highest BCUT2D eigenvalue weighted by atomic mass is 19.4. The monoisotopic (exact) mass is 500 g/mol. The molecule has 2 atom stereocenters. The predicted octanol–water partition coefficient (Wildman–Crippen LogP) is 4.04. The van der Waals surface area contributed by atoms with Crippen molar-refractivity contribution < 1.29 is 37.3 Å². The summed E-state index contributed by atoms with van der Waals surface area (Å²) in [6, 6.07) is 5.92. The topological polar surface area (TPSA) is 88.1 Å². The summed E-state index contributed by atoms with van der Waals surface area (Å²) in [5.74, 6) is -1.17. The van der Waals surface area contributed by atoms with Gasteiger partial charge in [0.15, 0.2) is 0 Å². The molecule has 1 amide bonds. The number of nitrogens with zero attached hydrogens (tertiary/aromatic N) is 1. The Morgan fingerprint density at radius 2 is 1.97 bits per heavy atom. The molecule has 1 aromatic carbocycles. The van der Waals surface area contributed by atoms with E-state index in [1.807, 2.05) is 18.2 Å². The molecule has 3 aliphatic rings. The number of carboxylic acids is 1. The molecule has 2 aliphatic heterocycles. The third kappa shape index (κ3) is 7.33. The van der Waals surface area contributed by atoms with Gasteiger partial charge in [-0.1, -0.05) is 26.7 Å². The number of carboxylic acid groups (broad SMARTS) is 1. The van der Waals surface area contributed by atoms with E-state index in [9.17, 15) is 18.0 Å². The summed E-state index contributed by atoms with van der Waals surface area (Å²) in [6.07, 6.45) is 1.27. The van der Waals surface area contributed by atoms with Gasteiger partial charge in [0.25, 0.3) is 5.91 Å². The van der Waals surface area contributed by atoms with Crippen molar-refractivity contribution in [3.05, 3.63) is 29.3 Å². The number of hydrogen-bond donors (Lipinski definition) is 2. The molecule has 1 aromatic rings. The minimum atomic E-state index is -5.08. The van der Waals surface area contributed by atoms with Crippen molar-refractivity contribution in [3.63, 3.8) is 0 Å².